The largest absolute Gasteiger partial charge is 0.365 e. The lowest BCUT2D eigenvalue weighted by atomic mass is 10.0. The summed E-state index contributed by atoms with van der Waals surface area (Å²) in [6, 6.07) is 3.05. The molecule has 0 fully saturated rings. The van der Waals surface area contributed by atoms with Gasteiger partial charge < -0.3 is 15.5 Å². The van der Waals surface area contributed by atoms with E-state index in [4.69, 9.17) is 19.8 Å². The molecule has 1 aliphatic rings. The summed E-state index contributed by atoms with van der Waals surface area (Å²) in [7, 11) is 1.77. The van der Waals surface area contributed by atoms with Crippen LogP contribution in [0.4, 0.5) is 17.2 Å². The van der Waals surface area contributed by atoms with E-state index in [1.165, 1.54) is 12.3 Å². The molecular formula is C17H17ClN8O. The van der Waals surface area contributed by atoms with Gasteiger partial charge in [-0.3, -0.25) is 4.79 Å². The molecule has 3 aromatic rings. The van der Waals surface area contributed by atoms with Crippen molar-refractivity contribution >= 4 is 34.7 Å². The molecule has 0 aliphatic carbocycles. The Labute approximate surface area is 168 Å². The Hall–Kier alpha value is -3.20. The number of halogens is 1. The van der Waals surface area contributed by atoms with Crippen LogP contribution in [0, 0.1) is 0 Å². The number of hydrogen-bond donors (Lipinski definition) is 2. The number of anilines is 3. The Balaban J connectivity index is 1.77. The van der Waals surface area contributed by atoms with E-state index in [0.29, 0.717) is 33.3 Å². The van der Waals surface area contributed by atoms with E-state index in [1.54, 1.807) is 18.0 Å². The topological polar surface area (TPSA) is 101 Å². The Morgan fingerprint density at radius 2 is 2.26 bits per heavy atom. The lowest BCUT2D eigenvalue weighted by Gasteiger charge is -2.28. The van der Waals surface area contributed by atoms with Crippen molar-refractivity contribution in [3.8, 4) is 11.3 Å². The Bertz CT molecular complexity index is 1240. The summed E-state index contributed by atoms with van der Waals surface area (Å²) >= 11 is 6.01. The minimum absolute atomic E-state index is 0.0533. The molecule has 0 saturated carbocycles. The highest BCUT2D eigenvalue weighted by molar-refractivity contribution is 6.29. The average molecular weight is 391 g/mol. The lowest BCUT2D eigenvalue weighted by molar-refractivity contribution is 0.0963. The minimum atomic E-state index is -2.69. The molecule has 4 rings (SSSR count). The summed E-state index contributed by atoms with van der Waals surface area (Å²) < 4.78 is 44.5. The number of rotatable bonds is 3. The predicted molar refractivity (Wildman–Crippen MR) is 102 cm³/mol. The van der Waals surface area contributed by atoms with E-state index >= 15 is 0 Å². The van der Waals surface area contributed by atoms with Crippen LogP contribution in [0.3, 0.4) is 0 Å². The number of fused-ring (bicyclic) bond motifs is 3. The maximum Gasteiger partial charge on any atom is 0.254 e. The number of hydrogen-bond acceptors (Lipinski definition) is 7. The molecular weight excluding hydrogens is 368 g/mol. The zero-order chi connectivity index (χ0) is 24.1. The number of amides is 1. The van der Waals surface area contributed by atoms with E-state index in [0.717, 1.165) is 6.20 Å². The van der Waals surface area contributed by atoms with Crippen LogP contribution in [-0.2, 0) is 13.5 Å². The fraction of sp³-hybridized carbons (Fsp3) is 0.235. The van der Waals surface area contributed by atoms with Gasteiger partial charge in [-0.05, 0) is 12.1 Å². The van der Waals surface area contributed by atoms with Gasteiger partial charge in [-0.1, -0.05) is 11.6 Å². The van der Waals surface area contributed by atoms with Crippen LogP contribution in [-0.4, -0.2) is 44.9 Å². The van der Waals surface area contributed by atoms with Gasteiger partial charge in [-0.25, -0.2) is 9.97 Å². The number of carbonyl (C=O) groups excluding carboxylic acids is 1. The molecule has 9 nitrogen and oxygen atoms in total. The number of pyridine rings is 2. The van der Waals surface area contributed by atoms with Crippen LogP contribution in [0.1, 0.15) is 24.3 Å². The van der Waals surface area contributed by atoms with Gasteiger partial charge in [0.2, 0.25) is 0 Å². The third kappa shape index (κ3) is 2.95. The second-order valence-corrected chi connectivity index (χ2v) is 6.22. The van der Waals surface area contributed by atoms with Gasteiger partial charge in [0.1, 0.15) is 16.5 Å². The third-order valence-corrected chi connectivity index (χ3v) is 4.32. The zero-order valence-corrected chi connectivity index (χ0v) is 14.7. The maximum atomic E-state index is 12.5. The first-order valence-corrected chi connectivity index (χ1v) is 8.13. The summed E-state index contributed by atoms with van der Waals surface area (Å²) in [5.41, 5.74) is 2.18. The van der Waals surface area contributed by atoms with Crippen LogP contribution in [0.25, 0.3) is 11.3 Å². The first kappa shape index (κ1) is 11.5. The number of carbonyl (C=O) groups is 1. The Kier molecular flexibility index (Phi) is 2.77. The normalized spacial score (nSPS) is 16.6. The average Bonchev–Trinajstić information content (AvgIpc) is 3.11. The standard InChI is InChI=1S/C17H17ClN8O/c1-19-17(27)10-7-21-13(18)6-11(10)22-16-15-9(4-5-20-16)14-12(8-25(15)2)23-26(3)24-14/h4-7H,8H2,1-3H3,(H,19,27)(H,20,21,22)/i1D3,3D3. The Morgan fingerprint density at radius 3 is 3.07 bits per heavy atom. The van der Waals surface area contributed by atoms with Crippen LogP contribution < -0.4 is 15.5 Å². The first-order valence-electron chi connectivity index (χ1n) is 10.8. The van der Waals surface area contributed by atoms with Crippen molar-refractivity contribution in [3.63, 3.8) is 0 Å². The molecule has 0 aromatic carbocycles. The van der Waals surface area contributed by atoms with E-state index in [9.17, 15) is 4.79 Å². The molecule has 0 saturated heterocycles. The van der Waals surface area contributed by atoms with Crippen molar-refractivity contribution in [2.24, 2.45) is 6.98 Å². The third-order valence-electron chi connectivity index (χ3n) is 4.11. The lowest BCUT2D eigenvalue weighted by Crippen LogP contribution is -2.24. The summed E-state index contributed by atoms with van der Waals surface area (Å²) in [6.07, 6.45) is 2.65. The molecule has 2 N–H and O–H groups in total. The second kappa shape index (κ2) is 6.51. The molecule has 138 valence electrons. The number of aryl methyl sites for hydroxylation is 1. The van der Waals surface area contributed by atoms with Gasteiger partial charge in [0.25, 0.3) is 5.91 Å². The van der Waals surface area contributed by atoms with Gasteiger partial charge in [0.15, 0.2) is 5.82 Å². The highest BCUT2D eigenvalue weighted by atomic mass is 35.5. The number of aromatic nitrogens is 5. The molecule has 1 aliphatic heterocycles. The fourth-order valence-electron chi connectivity index (χ4n) is 2.99. The van der Waals surface area contributed by atoms with E-state index in [-0.39, 0.29) is 22.9 Å². The van der Waals surface area contributed by atoms with Crippen molar-refractivity contribution in [3.05, 3.63) is 40.9 Å². The molecule has 0 unspecified atom stereocenters. The minimum Gasteiger partial charge on any atom is -0.365 e. The maximum absolute atomic E-state index is 12.5. The van der Waals surface area contributed by atoms with E-state index < -0.39 is 19.9 Å². The van der Waals surface area contributed by atoms with Crippen molar-refractivity contribution < 1.29 is 13.0 Å². The van der Waals surface area contributed by atoms with Gasteiger partial charge in [-0.15, -0.1) is 0 Å². The first-order chi connectivity index (χ1) is 15.3. The summed E-state index contributed by atoms with van der Waals surface area (Å²) in [5, 5.41) is 13.3. The molecule has 10 heteroatoms. The number of nitrogens with one attached hydrogen (secondary N) is 2. The van der Waals surface area contributed by atoms with Gasteiger partial charge in [0.05, 0.1) is 23.5 Å². The smallest absolute Gasteiger partial charge is 0.254 e. The predicted octanol–water partition coefficient (Wildman–Crippen LogP) is 1.98. The molecule has 27 heavy (non-hydrogen) atoms. The van der Waals surface area contributed by atoms with Crippen molar-refractivity contribution in [1.29, 1.82) is 0 Å². The zero-order valence-electron chi connectivity index (χ0n) is 20.0. The van der Waals surface area contributed by atoms with E-state index in [2.05, 4.69) is 25.5 Å². The van der Waals surface area contributed by atoms with E-state index in [1.807, 2.05) is 5.32 Å². The van der Waals surface area contributed by atoms with Crippen molar-refractivity contribution in [2.45, 2.75) is 6.54 Å². The highest BCUT2D eigenvalue weighted by Crippen LogP contribution is 2.41. The molecule has 3 aromatic heterocycles. The van der Waals surface area contributed by atoms with Crippen LogP contribution in [0.2, 0.25) is 5.15 Å². The molecule has 0 atom stereocenters. The van der Waals surface area contributed by atoms with Gasteiger partial charge in [-0.2, -0.15) is 15.0 Å². The molecule has 0 radical (unpaired) electrons. The van der Waals surface area contributed by atoms with Gasteiger partial charge >= 0.3 is 0 Å². The number of nitrogens with zero attached hydrogens (tertiary/aromatic N) is 6. The van der Waals surface area contributed by atoms with Crippen LogP contribution in [0.15, 0.2) is 24.5 Å². The molecule has 0 bridgehead atoms. The van der Waals surface area contributed by atoms with Crippen molar-refractivity contribution in [2.75, 3.05) is 24.2 Å². The molecule has 0 spiro atoms. The van der Waals surface area contributed by atoms with Crippen molar-refractivity contribution in [1.82, 2.24) is 30.3 Å². The summed E-state index contributed by atoms with van der Waals surface area (Å²) in [4.78, 5) is 23.2. The monoisotopic (exact) mass is 390 g/mol. The second-order valence-electron chi connectivity index (χ2n) is 5.83. The summed E-state index contributed by atoms with van der Waals surface area (Å²) in [6.45, 7) is -4.95. The molecule has 1 amide bonds. The highest BCUT2D eigenvalue weighted by Gasteiger charge is 2.27. The summed E-state index contributed by atoms with van der Waals surface area (Å²) in [5.74, 6) is -0.558. The van der Waals surface area contributed by atoms with Gasteiger partial charge in [0, 0.05) is 47.2 Å². The fourth-order valence-corrected chi connectivity index (χ4v) is 3.15. The molecule has 4 heterocycles. The van der Waals surface area contributed by atoms with Crippen LogP contribution in [0.5, 0.6) is 0 Å². The SMILES string of the molecule is [2H]C([2H])([2H])NC(=O)c1cnc(Cl)cc1Nc1nccc2c1N(C)Cc1nn(C([2H])([2H])[2H])nc1-2. The van der Waals surface area contributed by atoms with Crippen LogP contribution >= 0.6 is 11.6 Å². The Morgan fingerprint density at radius 1 is 1.37 bits per heavy atom. The quantitative estimate of drug-likeness (QED) is 0.659.